The molecule has 4 N–H and O–H groups in total. The molecule has 0 saturated heterocycles. The van der Waals surface area contributed by atoms with E-state index in [1.165, 1.54) is 49.1 Å². The molecule has 0 aliphatic heterocycles. The van der Waals surface area contributed by atoms with Gasteiger partial charge in [0.25, 0.3) is 0 Å². The first-order valence-electron chi connectivity index (χ1n) is 5.70. The first-order chi connectivity index (χ1) is 9.66. The summed E-state index contributed by atoms with van der Waals surface area (Å²) in [5, 5.41) is 0. The molecule has 0 aliphatic carbocycles. The third kappa shape index (κ3) is 3.45. The number of aromatic nitrogens is 4. The summed E-state index contributed by atoms with van der Waals surface area (Å²) in [5.74, 6) is 0.275. The first-order valence-corrected chi connectivity index (χ1v) is 5.70. The highest BCUT2D eigenvalue weighted by atomic mass is 16.1. The topological polar surface area (TPSA) is 121 Å². The number of ketones is 1. The van der Waals surface area contributed by atoms with Crippen molar-refractivity contribution in [2.75, 3.05) is 11.5 Å². The third-order valence-corrected chi connectivity index (χ3v) is 2.32. The van der Waals surface area contributed by atoms with Gasteiger partial charge >= 0.3 is 0 Å². The van der Waals surface area contributed by atoms with Crippen molar-refractivity contribution in [2.45, 2.75) is 0 Å². The van der Waals surface area contributed by atoms with E-state index in [0.29, 0.717) is 11.4 Å². The fraction of sp³-hybridized carbons (Fsp3) is 0. The van der Waals surface area contributed by atoms with Crippen molar-refractivity contribution < 1.29 is 4.79 Å². The monoisotopic (exact) mass is 268 g/mol. The summed E-state index contributed by atoms with van der Waals surface area (Å²) in [7, 11) is 0. The van der Waals surface area contributed by atoms with Crippen LogP contribution in [0.2, 0.25) is 0 Å². The highest BCUT2D eigenvalue weighted by Gasteiger charge is 1.98. The SMILES string of the molecule is Nc1nccnc1/C=C/C(=O)/C=C/c1nccnc1N. The summed E-state index contributed by atoms with van der Waals surface area (Å²) >= 11 is 0. The number of carbonyl (C=O) groups is 1. The molecule has 0 aromatic carbocycles. The number of nitrogens with two attached hydrogens (primary N) is 2. The molecule has 0 spiro atoms. The Labute approximate surface area is 115 Å². The van der Waals surface area contributed by atoms with Crippen molar-refractivity contribution in [1.82, 2.24) is 19.9 Å². The van der Waals surface area contributed by atoms with Crippen molar-refractivity contribution in [3.05, 3.63) is 48.3 Å². The second-order valence-electron chi connectivity index (χ2n) is 3.72. The number of anilines is 2. The van der Waals surface area contributed by atoms with E-state index in [-0.39, 0.29) is 17.4 Å². The summed E-state index contributed by atoms with van der Waals surface area (Å²) in [4.78, 5) is 27.4. The molecule has 2 heterocycles. The van der Waals surface area contributed by atoms with Crippen LogP contribution in [0.3, 0.4) is 0 Å². The zero-order valence-electron chi connectivity index (χ0n) is 10.5. The van der Waals surface area contributed by atoms with Gasteiger partial charge in [0.15, 0.2) is 5.78 Å². The van der Waals surface area contributed by atoms with Crippen molar-refractivity contribution in [3.8, 4) is 0 Å². The fourth-order valence-electron chi connectivity index (χ4n) is 1.35. The van der Waals surface area contributed by atoms with Gasteiger partial charge in [0, 0.05) is 24.8 Å². The van der Waals surface area contributed by atoms with Gasteiger partial charge in [-0.15, -0.1) is 0 Å². The first kappa shape index (κ1) is 13.3. The van der Waals surface area contributed by atoms with E-state index >= 15 is 0 Å². The molecular formula is C13H12N6O. The lowest BCUT2D eigenvalue weighted by atomic mass is 10.2. The molecule has 7 nitrogen and oxygen atoms in total. The van der Waals surface area contributed by atoms with E-state index in [1.807, 2.05) is 0 Å². The maximum Gasteiger partial charge on any atom is 0.178 e. The van der Waals surface area contributed by atoms with Gasteiger partial charge in [0.2, 0.25) is 0 Å². The van der Waals surface area contributed by atoms with Gasteiger partial charge in [-0.3, -0.25) is 14.8 Å². The Morgan fingerprint density at radius 3 is 1.60 bits per heavy atom. The molecule has 7 heteroatoms. The van der Waals surface area contributed by atoms with Crippen LogP contribution in [0.4, 0.5) is 11.6 Å². The third-order valence-electron chi connectivity index (χ3n) is 2.32. The van der Waals surface area contributed by atoms with Crippen LogP contribution in [0.5, 0.6) is 0 Å². The molecule has 0 unspecified atom stereocenters. The van der Waals surface area contributed by atoms with Crippen molar-refractivity contribution in [2.24, 2.45) is 0 Å². The number of rotatable bonds is 4. The fourth-order valence-corrected chi connectivity index (χ4v) is 1.35. The van der Waals surface area contributed by atoms with Crippen molar-refractivity contribution in [1.29, 1.82) is 0 Å². The van der Waals surface area contributed by atoms with Crippen LogP contribution < -0.4 is 11.5 Å². The molecule has 0 radical (unpaired) electrons. The Balaban J connectivity index is 2.07. The van der Waals surface area contributed by atoms with Gasteiger partial charge in [-0.05, 0) is 24.3 Å². The Kier molecular flexibility index (Phi) is 4.13. The second-order valence-corrected chi connectivity index (χ2v) is 3.72. The molecule has 20 heavy (non-hydrogen) atoms. The highest BCUT2D eigenvalue weighted by molar-refractivity contribution is 6.04. The van der Waals surface area contributed by atoms with Crippen LogP contribution in [0.25, 0.3) is 12.2 Å². The minimum absolute atomic E-state index is 0.250. The Hall–Kier alpha value is -3.09. The van der Waals surface area contributed by atoms with Gasteiger partial charge in [-0.1, -0.05) is 0 Å². The lowest BCUT2D eigenvalue weighted by molar-refractivity contribution is -0.110. The predicted octanol–water partition coefficient (Wildman–Crippen LogP) is 0.727. The van der Waals surface area contributed by atoms with Crippen molar-refractivity contribution in [3.63, 3.8) is 0 Å². The Bertz CT molecular complexity index is 623. The summed E-state index contributed by atoms with van der Waals surface area (Å²) in [6.07, 6.45) is 11.6. The molecular weight excluding hydrogens is 256 g/mol. The Morgan fingerprint density at radius 1 is 0.800 bits per heavy atom. The van der Waals surface area contributed by atoms with Crippen LogP contribution in [-0.4, -0.2) is 25.7 Å². The molecule has 0 amide bonds. The van der Waals surface area contributed by atoms with E-state index in [9.17, 15) is 4.79 Å². The molecule has 0 bridgehead atoms. The summed E-state index contributed by atoms with van der Waals surface area (Å²) < 4.78 is 0. The minimum atomic E-state index is -0.250. The number of nitrogens with zero attached hydrogens (tertiary/aromatic N) is 4. The largest absolute Gasteiger partial charge is 0.382 e. The lowest BCUT2D eigenvalue weighted by Crippen LogP contribution is -1.97. The van der Waals surface area contributed by atoms with Crippen LogP contribution in [-0.2, 0) is 4.79 Å². The number of carbonyl (C=O) groups excluding carboxylic acids is 1. The van der Waals surface area contributed by atoms with E-state index < -0.39 is 0 Å². The minimum Gasteiger partial charge on any atom is -0.382 e. The quantitative estimate of drug-likeness (QED) is 0.784. The van der Waals surface area contributed by atoms with Gasteiger partial charge < -0.3 is 11.5 Å². The van der Waals surface area contributed by atoms with Crippen LogP contribution in [0.15, 0.2) is 36.9 Å². The highest BCUT2D eigenvalue weighted by Crippen LogP contribution is 2.07. The van der Waals surface area contributed by atoms with E-state index in [2.05, 4.69) is 19.9 Å². The molecule has 0 aliphatic rings. The lowest BCUT2D eigenvalue weighted by Gasteiger charge is -1.96. The van der Waals surface area contributed by atoms with E-state index in [4.69, 9.17) is 11.5 Å². The molecule has 2 aromatic heterocycles. The number of hydrogen-bond donors (Lipinski definition) is 2. The molecule has 0 saturated carbocycles. The zero-order valence-corrected chi connectivity index (χ0v) is 10.5. The van der Waals surface area contributed by atoms with Gasteiger partial charge in [-0.2, -0.15) is 0 Å². The van der Waals surface area contributed by atoms with E-state index in [1.54, 1.807) is 0 Å². The number of nitrogen functional groups attached to an aromatic ring is 2. The average molecular weight is 268 g/mol. The summed E-state index contributed by atoms with van der Waals surface area (Å²) in [6, 6.07) is 0. The summed E-state index contributed by atoms with van der Waals surface area (Å²) in [5.41, 5.74) is 12.1. The average Bonchev–Trinajstić information content (AvgIpc) is 2.45. The van der Waals surface area contributed by atoms with Gasteiger partial charge in [-0.25, -0.2) is 9.97 Å². The van der Waals surface area contributed by atoms with E-state index in [0.717, 1.165) is 0 Å². The summed E-state index contributed by atoms with van der Waals surface area (Å²) in [6.45, 7) is 0. The van der Waals surface area contributed by atoms with Crippen LogP contribution >= 0.6 is 0 Å². The molecule has 2 rings (SSSR count). The predicted molar refractivity (Wildman–Crippen MR) is 76.0 cm³/mol. The van der Waals surface area contributed by atoms with Gasteiger partial charge in [0.1, 0.15) is 23.0 Å². The molecule has 100 valence electrons. The maximum absolute atomic E-state index is 11.7. The molecule has 2 aromatic rings. The standard InChI is InChI=1S/C13H12N6O/c14-12-10(16-5-7-18-12)3-1-9(20)2-4-11-13(15)19-8-6-17-11/h1-8H,(H2,14,18)(H2,15,19)/b3-1+,4-2+. The normalized spacial score (nSPS) is 11.2. The second kappa shape index (κ2) is 6.19. The van der Waals surface area contributed by atoms with Crippen LogP contribution in [0.1, 0.15) is 11.4 Å². The van der Waals surface area contributed by atoms with Crippen LogP contribution in [0, 0.1) is 0 Å². The maximum atomic E-state index is 11.7. The van der Waals surface area contributed by atoms with Gasteiger partial charge in [0.05, 0.1) is 0 Å². The smallest absolute Gasteiger partial charge is 0.178 e. The number of allylic oxidation sites excluding steroid dienone is 2. The number of hydrogen-bond acceptors (Lipinski definition) is 7. The van der Waals surface area contributed by atoms with Crippen molar-refractivity contribution >= 4 is 29.6 Å². The molecule has 0 fully saturated rings. The Morgan fingerprint density at radius 2 is 1.20 bits per heavy atom. The molecule has 0 atom stereocenters. The zero-order chi connectivity index (χ0) is 14.4.